The number of carbonyl (C=O) groups is 1. The van der Waals surface area contributed by atoms with Crippen LogP contribution >= 0.6 is 22.6 Å². The maximum absolute atomic E-state index is 11.3. The minimum atomic E-state index is 0.110. The second-order valence-electron chi connectivity index (χ2n) is 3.88. The van der Waals surface area contributed by atoms with Crippen molar-refractivity contribution in [2.45, 2.75) is 12.5 Å². The number of benzene rings is 1. The molecule has 0 radical (unpaired) electrons. The lowest BCUT2D eigenvalue weighted by Crippen LogP contribution is -2.44. The molecule has 0 bridgehead atoms. The predicted octanol–water partition coefficient (Wildman–Crippen LogP) is 2.48. The van der Waals surface area contributed by atoms with E-state index in [0.29, 0.717) is 19.7 Å². The molecule has 1 fully saturated rings. The number of rotatable bonds is 2. The van der Waals surface area contributed by atoms with Gasteiger partial charge in [-0.05, 0) is 5.56 Å². The first kappa shape index (κ1) is 11.9. The highest BCUT2D eigenvalue weighted by Gasteiger charge is 2.22. The van der Waals surface area contributed by atoms with Crippen LogP contribution in [-0.2, 0) is 11.2 Å². The van der Waals surface area contributed by atoms with E-state index in [1.165, 1.54) is 5.56 Å². The summed E-state index contributed by atoms with van der Waals surface area (Å²) in [5.41, 5.74) is 1.26. The van der Waals surface area contributed by atoms with Gasteiger partial charge in [-0.1, -0.05) is 30.3 Å². The quantitative estimate of drug-likeness (QED) is 0.473. The summed E-state index contributed by atoms with van der Waals surface area (Å²) in [6.45, 7) is 2.07. The average Bonchev–Trinajstić information content (AvgIpc) is 2.30. The van der Waals surface area contributed by atoms with Crippen LogP contribution in [0.5, 0.6) is 0 Å². The van der Waals surface area contributed by atoms with Gasteiger partial charge in [-0.2, -0.15) is 0 Å². The molecule has 1 amide bonds. The van der Waals surface area contributed by atoms with Crippen LogP contribution in [0.3, 0.4) is 0 Å². The Morgan fingerprint density at radius 3 is 2.88 bits per heavy atom. The van der Waals surface area contributed by atoms with Crippen LogP contribution in [0, 0.1) is 0 Å². The molecule has 0 aliphatic carbocycles. The van der Waals surface area contributed by atoms with Crippen LogP contribution in [0.25, 0.3) is 0 Å². The summed E-state index contributed by atoms with van der Waals surface area (Å²) in [6, 6.07) is 10.2. The van der Waals surface area contributed by atoms with E-state index in [0.717, 1.165) is 6.42 Å². The standard InChI is InChI=1S/C12H14INO2/c13-12(15)14-6-7-16-11(9-14)8-10-4-2-1-3-5-10/h1-5,11H,6-9H2. The lowest BCUT2D eigenvalue weighted by atomic mass is 10.1. The number of halogens is 1. The second-order valence-corrected chi connectivity index (χ2v) is 4.80. The number of nitrogens with zero attached hydrogens (tertiary/aromatic N) is 1. The third kappa shape index (κ3) is 3.18. The number of ether oxygens (including phenoxy) is 1. The van der Waals surface area contributed by atoms with Crippen molar-refractivity contribution in [1.82, 2.24) is 4.90 Å². The number of carbonyl (C=O) groups excluding carboxylic acids is 1. The van der Waals surface area contributed by atoms with Crippen molar-refractivity contribution in [2.75, 3.05) is 19.7 Å². The maximum atomic E-state index is 11.3. The van der Waals surface area contributed by atoms with E-state index in [2.05, 4.69) is 12.1 Å². The minimum absolute atomic E-state index is 0.110. The van der Waals surface area contributed by atoms with Crippen molar-refractivity contribution in [3.63, 3.8) is 0 Å². The lowest BCUT2D eigenvalue weighted by molar-refractivity contribution is -0.00902. The van der Waals surface area contributed by atoms with Gasteiger partial charge in [-0.25, -0.2) is 0 Å². The summed E-state index contributed by atoms with van der Waals surface area (Å²) >= 11 is 1.83. The summed E-state index contributed by atoms with van der Waals surface area (Å²) in [7, 11) is 0. The molecule has 0 aromatic heterocycles. The van der Waals surface area contributed by atoms with Gasteiger partial charge in [0.25, 0.3) is 3.91 Å². The molecule has 0 N–H and O–H groups in total. The van der Waals surface area contributed by atoms with Crippen LogP contribution < -0.4 is 0 Å². The van der Waals surface area contributed by atoms with Crippen molar-refractivity contribution < 1.29 is 9.53 Å². The van der Waals surface area contributed by atoms with Gasteiger partial charge in [0.15, 0.2) is 0 Å². The summed E-state index contributed by atoms with van der Waals surface area (Å²) in [6.07, 6.45) is 1.01. The zero-order valence-electron chi connectivity index (χ0n) is 8.93. The van der Waals surface area contributed by atoms with Gasteiger partial charge in [0.05, 0.1) is 12.7 Å². The number of morpholine rings is 1. The highest BCUT2D eigenvalue weighted by atomic mass is 127. The van der Waals surface area contributed by atoms with Crippen LogP contribution in [0.2, 0.25) is 0 Å². The Balaban J connectivity index is 1.93. The first-order valence-corrected chi connectivity index (χ1v) is 6.43. The van der Waals surface area contributed by atoms with Crippen molar-refractivity contribution in [1.29, 1.82) is 0 Å². The largest absolute Gasteiger partial charge is 0.374 e. The Bertz CT molecular complexity index is 355. The van der Waals surface area contributed by atoms with Gasteiger partial charge >= 0.3 is 0 Å². The zero-order chi connectivity index (χ0) is 11.4. The molecule has 1 aliphatic rings. The van der Waals surface area contributed by atoms with E-state index in [-0.39, 0.29) is 10.0 Å². The van der Waals surface area contributed by atoms with Crippen LogP contribution in [-0.4, -0.2) is 34.6 Å². The third-order valence-corrected chi connectivity index (χ3v) is 3.38. The number of amides is 1. The second kappa shape index (κ2) is 5.63. The van der Waals surface area contributed by atoms with E-state index < -0.39 is 0 Å². The average molecular weight is 331 g/mol. The summed E-state index contributed by atoms with van der Waals surface area (Å²) in [4.78, 5) is 13.1. The molecule has 16 heavy (non-hydrogen) atoms. The Morgan fingerprint density at radius 2 is 2.19 bits per heavy atom. The van der Waals surface area contributed by atoms with Gasteiger partial charge in [0.1, 0.15) is 0 Å². The number of hydrogen-bond acceptors (Lipinski definition) is 2. The Kier molecular flexibility index (Phi) is 4.17. The fraction of sp³-hybridized carbons (Fsp3) is 0.417. The fourth-order valence-corrected chi connectivity index (χ4v) is 2.32. The zero-order valence-corrected chi connectivity index (χ0v) is 11.1. The Hall–Kier alpha value is -0.620. The molecule has 0 spiro atoms. The highest BCUT2D eigenvalue weighted by molar-refractivity contribution is 14.1. The smallest absolute Gasteiger partial charge is 0.283 e. The molecule has 4 heteroatoms. The van der Waals surface area contributed by atoms with Crippen molar-refractivity contribution in [2.24, 2.45) is 0 Å². The van der Waals surface area contributed by atoms with Crippen LogP contribution in [0.4, 0.5) is 4.79 Å². The first-order valence-electron chi connectivity index (χ1n) is 5.35. The Labute approximate surface area is 109 Å². The molecule has 1 aliphatic heterocycles. The molecule has 3 nitrogen and oxygen atoms in total. The Morgan fingerprint density at radius 1 is 1.44 bits per heavy atom. The van der Waals surface area contributed by atoms with Crippen molar-refractivity contribution >= 4 is 26.5 Å². The van der Waals surface area contributed by atoms with Crippen molar-refractivity contribution in [3.05, 3.63) is 35.9 Å². The molecule has 2 rings (SSSR count). The molecule has 1 aromatic rings. The molecule has 0 saturated carbocycles. The molecule has 1 unspecified atom stereocenters. The normalized spacial score (nSPS) is 20.8. The van der Waals surface area contributed by atoms with Crippen molar-refractivity contribution in [3.8, 4) is 0 Å². The van der Waals surface area contributed by atoms with E-state index >= 15 is 0 Å². The van der Waals surface area contributed by atoms with E-state index in [9.17, 15) is 4.79 Å². The van der Waals surface area contributed by atoms with E-state index in [1.807, 2.05) is 45.7 Å². The molecule has 1 atom stereocenters. The molecular formula is C12H14INO2. The molecule has 1 heterocycles. The monoisotopic (exact) mass is 331 g/mol. The van der Waals surface area contributed by atoms with Crippen LogP contribution in [0.1, 0.15) is 5.56 Å². The maximum Gasteiger partial charge on any atom is 0.283 e. The van der Waals surface area contributed by atoms with Gasteiger partial charge in [0.2, 0.25) is 0 Å². The summed E-state index contributed by atoms with van der Waals surface area (Å²) < 4.78 is 5.78. The van der Waals surface area contributed by atoms with Gasteiger partial charge in [-0.3, -0.25) is 4.79 Å². The van der Waals surface area contributed by atoms with Gasteiger partial charge in [0, 0.05) is 42.1 Å². The SMILES string of the molecule is O=C(I)N1CCOC(Cc2ccccc2)C1. The van der Waals surface area contributed by atoms with E-state index in [4.69, 9.17) is 4.74 Å². The minimum Gasteiger partial charge on any atom is -0.374 e. The molecule has 1 saturated heterocycles. The number of hydrogen-bond donors (Lipinski definition) is 0. The fourth-order valence-electron chi connectivity index (χ4n) is 1.88. The highest BCUT2D eigenvalue weighted by Crippen LogP contribution is 2.13. The molecule has 1 aromatic carbocycles. The predicted molar refractivity (Wildman–Crippen MR) is 70.9 cm³/mol. The summed E-state index contributed by atoms with van der Waals surface area (Å²) in [5.74, 6) is 0. The van der Waals surface area contributed by atoms with E-state index in [1.54, 1.807) is 0 Å². The van der Waals surface area contributed by atoms with Gasteiger partial charge in [-0.15, -0.1) is 0 Å². The topological polar surface area (TPSA) is 29.5 Å². The van der Waals surface area contributed by atoms with Crippen LogP contribution in [0.15, 0.2) is 30.3 Å². The van der Waals surface area contributed by atoms with Gasteiger partial charge < -0.3 is 9.64 Å². The molecule has 86 valence electrons. The first-order chi connectivity index (χ1) is 7.75. The lowest BCUT2D eigenvalue weighted by Gasteiger charge is -2.31. The third-order valence-electron chi connectivity index (χ3n) is 2.69. The molecular weight excluding hydrogens is 317 g/mol. The summed E-state index contributed by atoms with van der Waals surface area (Å²) in [5, 5.41) is 0.